The number of rotatable bonds is 5. The molecule has 0 saturated heterocycles. The Morgan fingerprint density at radius 2 is 2.25 bits per heavy atom. The van der Waals surface area contributed by atoms with E-state index in [2.05, 4.69) is 49.1 Å². The van der Waals surface area contributed by atoms with Gasteiger partial charge in [0.1, 0.15) is 0 Å². The number of carbonyl (C=O) groups is 1. The van der Waals surface area contributed by atoms with E-state index in [9.17, 15) is 4.79 Å². The molecule has 0 atom stereocenters. The van der Waals surface area contributed by atoms with Crippen LogP contribution in [0.5, 0.6) is 0 Å². The molecule has 0 aromatic carbocycles. The molecular weight excluding hydrogens is 336 g/mol. The van der Waals surface area contributed by atoms with Gasteiger partial charge in [0, 0.05) is 12.7 Å². The minimum Gasteiger partial charge on any atom is -0.354 e. The second-order valence-electron chi connectivity index (χ2n) is 3.40. The summed E-state index contributed by atoms with van der Waals surface area (Å²) < 4.78 is -0.936. The van der Waals surface area contributed by atoms with Crippen LogP contribution in [0.25, 0.3) is 0 Å². The second-order valence-corrected chi connectivity index (χ2v) is 6.84. The van der Waals surface area contributed by atoms with Gasteiger partial charge in [0.05, 0.1) is 5.69 Å². The predicted octanol–water partition coefficient (Wildman–Crippen LogP) is 2.94. The zero-order chi connectivity index (χ0) is 12.0. The third-order valence-corrected chi connectivity index (χ3v) is 3.62. The highest BCUT2D eigenvalue weighted by atomic mass is 79.9. The molecule has 88 valence electrons. The smallest absolute Gasteiger partial charge is 0.253 e. The molecule has 1 aromatic heterocycles. The zero-order valence-electron chi connectivity index (χ0n) is 9.04. The average molecular weight is 350 g/mol. The molecule has 3 nitrogen and oxygen atoms in total. The zero-order valence-corrected chi connectivity index (χ0v) is 12.2. The van der Waals surface area contributed by atoms with Gasteiger partial charge in [-0.15, -0.1) is 0 Å². The third kappa shape index (κ3) is 3.56. The molecule has 0 saturated carbocycles. The van der Waals surface area contributed by atoms with Crippen molar-refractivity contribution in [1.82, 2.24) is 10.3 Å². The Morgan fingerprint density at radius 3 is 2.81 bits per heavy atom. The van der Waals surface area contributed by atoms with Crippen LogP contribution in [0.4, 0.5) is 0 Å². The number of nitrogens with zero attached hydrogens (tertiary/aromatic N) is 1. The molecular formula is C11H14Br2N2O. The maximum Gasteiger partial charge on any atom is 0.253 e. The fourth-order valence-corrected chi connectivity index (χ4v) is 1.90. The Bertz CT molecular complexity index is 341. The number of nitrogens with one attached hydrogen (secondary N) is 1. The Labute approximate surface area is 112 Å². The number of carbonyl (C=O) groups excluding carboxylic acids is 1. The standard InChI is InChI=1S/C11H14Br2N2O/c1-2-3-7-15-10(16)11(12,13)9-6-4-5-8-14-9/h4-6,8H,2-3,7H2,1H3,(H,15,16). The number of pyridine rings is 1. The highest BCUT2D eigenvalue weighted by Gasteiger charge is 2.35. The fraction of sp³-hybridized carbons (Fsp3) is 0.455. The van der Waals surface area contributed by atoms with Crippen molar-refractivity contribution in [2.45, 2.75) is 23.0 Å². The highest BCUT2D eigenvalue weighted by molar-refractivity contribution is 9.25. The molecule has 1 aromatic rings. The Kier molecular flexibility index (Phi) is 5.41. The van der Waals surface area contributed by atoms with Crippen molar-refractivity contribution < 1.29 is 4.79 Å². The van der Waals surface area contributed by atoms with Gasteiger partial charge in [-0.2, -0.15) is 0 Å². The number of amides is 1. The summed E-state index contributed by atoms with van der Waals surface area (Å²) >= 11 is 6.70. The molecule has 0 aliphatic carbocycles. The van der Waals surface area contributed by atoms with Crippen molar-refractivity contribution >= 4 is 37.8 Å². The van der Waals surface area contributed by atoms with Gasteiger partial charge in [-0.05, 0) is 18.6 Å². The number of aromatic nitrogens is 1. The molecule has 16 heavy (non-hydrogen) atoms. The number of unbranched alkanes of at least 4 members (excludes halogenated alkanes) is 1. The van der Waals surface area contributed by atoms with Crippen LogP contribution < -0.4 is 5.32 Å². The molecule has 1 N–H and O–H groups in total. The third-order valence-electron chi connectivity index (χ3n) is 2.09. The molecule has 0 spiro atoms. The van der Waals surface area contributed by atoms with Gasteiger partial charge in [-0.1, -0.05) is 51.3 Å². The van der Waals surface area contributed by atoms with Gasteiger partial charge < -0.3 is 5.32 Å². The molecule has 1 heterocycles. The molecule has 0 radical (unpaired) electrons. The van der Waals surface area contributed by atoms with E-state index in [4.69, 9.17) is 0 Å². The Morgan fingerprint density at radius 1 is 1.50 bits per heavy atom. The number of hydrogen-bond acceptors (Lipinski definition) is 2. The van der Waals surface area contributed by atoms with Crippen molar-refractivity contribution in [2.24, 2.45) is 0 Å². The average Bonchev–Trinajstić information content (AvgIpc) is 2.30. The molecule has 1 amide bonds. The number of hydrogen-bond donors (Lipinski definition) is 1. The van der Waals surface area contributed by atoms with Crippen molar-refractivity contribution in [2.75, 3.05) is 6.54 Å². The summed E-state index contributed by atoms with van der Waals surface area (Å²) in [6.07, 6.45) is 3.69. The molecule has 1 rings (SSSR count). The summed E-state index contributed by atoms with van der Waals surface area (Å²) in [4.78, 5) is 16.0. The fourth-order valence-electron chi connectivity index (χ4n) is 1.15. The van der Waals surface area contributed by atoms with Gasteiger partial charge in [-0.3, -0.25) is 9.78 Å². The van der Waals surface area contributed by atoms with Gasteiger partial charge in [0.15, 0.2) is 3.23 Å². The summed E-state index contributed by atoms with van der Waals surface area (Å²) in [5.41, 5.74) is 0.643. The molecule has 0 aliphatic heterocycles. The van der Waals surface area contributed by atoms with Crippen LogP contribution in [-0.2, 0) is 8.03 Å². The Hall–Kier alpha value is -0.420. The predicted molar refractivity (Wildman–Crippen MR) is 71.7 cm³/mol. The minimum atomic E-state index is -0.936. The van der Waals surface area contributed by atoms with Crippen molar-refractivity contribution in [1.29, 1.82) is 0 Å². The second kappa shape index (κ2) is 6.35. The SMILES string of the molecule is CCCCNC(=O)C(Br)(Br)c1ccccn1. The normalized spacial score (nSPS) is 11.2. The molecule has 0 fully saturated rings. The summed E-state index contributed by atoms with van der Waals surface area (Å²) in [5.74, 6) is -0.125. The highest BCUT2D eigenvalue weighted by Crippen LogP contribution is 2.36. The van der Waals surface area contributed by atoms with E-state index in [0.29, 0.717) is 12.2 Å². The van der Waals surface area contributed by atoms with E-state index in [1.165, 1.54) is 0 Å². The molecule has 0 bridgehead atoms. The van der Waals surface area contributed by atoms with Crippen LogP contribution in [0.1, 0.15) is 25.5 Å². The maximum absolute atomic E-state index is 11.9. The lowest BCUT2D eigenvalue weighted by Gasteiger charge is -2.18. The van der Waals surface area contributed by atoms with Crippen LogP contribution in [0.15, 0.2) is 24.4 Å². The van der Waals surface area contributed by atoms with E-state index in [-0.39, 0.29) is 5.91 Å². The van der Waals surface area contributed by atoms with E-state index < -0.39 is 3.23 Å². The lowest BCUT2D eigenvalue weighted by atomic mass is 10.2. The van der Waals surface area contributed by atoms with Crippen LogP contribution in [0.2, 0.25) is 0 Å². The first-order valence-electron chi connectivity index (χ1n) is 5.16. The quantitative estimate of drug-likeness (QED) is 0.656. The summed E-state index contributed by atoms with van der Waals surface area (Å²) in [5, 5.41) is 2.85. The van der Waals surface area contributed by atoms with E-state index in [1.807, 2.05) is 12.1 Å². The van der Waals surface area contributed by atoms with Crippen LogP contribution in [-0.4, -0.2) is 17.4 Å². The van der Waals surface area contributed by atoms with Crippen LogP contribution >= 0.6 is 31.9 Å². The summed E-state index contributed by atoms with van der Waals surface area (Å²) in [6.45, 7) is 2.77. The summed E-state index contributed by atoms with van der Waals surface area (Å²) in [6, 6.07) is 5.45. The topological polar surface area (TPSA) is 42.0 Å². The van der Waals surface area contributed by atoms with Crippen LogP contribution in [0.3, 0.4) is 0 Å². The van der Waals surface area contributed by atoms with Gasteiger partial charge in [0.2, 0.25) is 0 Å². The van der Waals surface area contributed by atoms with Crippen molar-refractivity contribution in [3.63, 3.8) is 0 Å². The van der Waals surface area contributed by atoms with Gasteiger partial charge in [0.25, 0.3) is 5.91 Å². The van der Waals surface area contributed by atoms with Crippen molar-refractivity contribution in [3.8, 4) is 0 Å². The first-order valence-corrected chi connectivity index (χ1v) is 6.75. The maximum atomic E-state index is 11.9. The number of alkyl halides is 2. The monoisotopic (exact) mass is 348 g/mol. The Balaban J connectivity index is 2.66. The van der Waals surface area contributed by atoms with E-state index in [0.717, 1.165) is 12.8 Å². The van der Waals surface area contributed by atoms with Crippen LogP contribution in [0, 0.1) is 0 Å². The first kappa shape index (κ1) is 13.6. The lowest BCUT2D eigenvalue weighted by Crippen LogP contribution is -2.36. The molecule has 0 unspecified atom stereocenters. The molecule has 0 aliphatic rings. The van der Waals surface area contributed by atoms with E-state index in [1.54, 1.807) is 12.3 Å². The van der Waals surface area contributed by atoms with Gasteiger partial charge in [-0.25, -0.2) is 0 Å². The lowest BCUT2D eigenvalue weighted by molar-refractivity contribution is -0.121. The minimum absolute atomic E-state index is 0.125. The first-order chi connectivity index (χ1) is 7.59. The summed E-state index contributed by atoms with van der Waals surface area (Å²) in [7, 11) is 0. The largest absolute Gasteiger partial charge is 0.354 e. The van der Waals surface area contributed by atoms with Gasteiger partial charge >= 0.3 is 0 Å². The molecule has 5 heteroatoms. The van der Waals surface area contributed by atoms with Crippen molar-refractivity contribution in [3.05, 3.63) is 30.1 Å². The van der Waals surface area contributed by atoms with E-state index >= 15 is 0 Å². The number of halogens is 2.